The van der Waals surface area contributed by atoms with Gasteiger partial charge in [0, 0.05) is 25.0 Å². The van der Waals surface area contributed by atoms with Crippen LogP contribution in [0.5, 0.6) is 0 Å². The third-order valence-corrected chi connectivity index (χ3v) is 4.49. The molecule has 0 radical (unpaired) electrons. The van der Waals surface area contributed by atoms with Crippen molar-refractivity contribution in [3.63, 3.8) is 0 Å². The Morgan fingerprint density at radius 3 is 2.52 bits per heavy atom. The second-order valence-electron chi connectivity index (χ2n) is 6.14. The van der Waals surface area contributed by atoms with Gasteiger partial charge in [-0.05, 0) is 36.5 Å². The Labute approximate surface area is 146 Å². The van der Waals surface area contributed by atoms with Gasteiger partial charge in [-0.1, -0.05) is 37.0 Å². The number of anilines is 1. The molecule has 6 heteroatoms. The van der Waals surface area contributed by atoms with E-state index in [0.29, 0.717) is 27.6 Å². The van der Waals surface area contributed by atoms with Gasteiger partial charge in [0.15, 0.2) is 0 Å². The fourth-order valence-corrected chi connectivity index (χ4v) is 3.21. The second-order valence-corrected chi connectivity index (χ2v) is 6.95. The first-order valence-corrected chi connectivity index (χ1v) is 8.27. The van der Waals surface area contributed by atoms with Crippen molar-refractivity contribution in [3.05, 3.63) is 40.0 Å². The average Bonchev–Trinajstić information content (AvgIpc) is 2.47. The van der Waals surface area contributed by atoms with Crippen molar-refractivity contribution in [3.8, 4) is 6.07 Å². The van der Waals surface area contributed by atoms with Crippen LogP contribution < -0.4 is 5.32 Å². The number of amides is 1. The number of piperidine rings is 1. The van der Waals surface area contributed by atoms with Crippen LogP contribution >= 0.6 is 23.2 Å². The molecule has 0 bridgehead atoms. The van der Waals surface area contributed by atoms with Gasteiger partial charge in [0.2, 0.25) is 0 Å². The molecule has 1 aliphatic heterocycles. The first kappa shape index (κ1) is 17.7. The normalized spacial score (nSPS) is 21.7. The minimum atomic E-state index is -0.447. The number of hydrogen-bond acceptors (Lipinski definition) is 3. The minimum absolute atomic E-state index is 0.0809. The number of nitrogens with zero attached hydrogens (tertiary/aromatic N) is 2. The van der Waals surface area contributed by atoms with Crippen LogP contribution in [-0.4, -0.2) is 23.9 Å². The zero-order chi connectivity index (χ0) is 17.0. The van der Waals surface area contributed by atoms with Crippen molar-refractivity contribution in [1.29, 1.82) is 5.26 Å². The molecule has 1 aromatic rings. The zero-order valence-electron chi connectivity index (χ0n) is 13.1. The van der Waals surface area contributed by atoms with E-state index in [4.69, 9.17) is 23.2 Å². The summed E-state index contributed by atoms with van der Waals surface area (Å²) in [6, 6.07) is 6.78. The second kappa shape index (κ2) is 7.72. The molecule has 1 N–H and O–H groups in total. The number of hydrogen-bond donors (Lipinski definition) is 1. The van der Waals surface area contributed by atoms with E-state index in [-0.39, 0.29) is 5.57 Å². The molecule has 1 saturated heterocycles. The van der Waals surface area contributed by atoms with E-state index >= 15 is 0 Å². The van der Waals surface area contributed by atoms with Gasteiger partial charge < -0.3 is 10.2 Å². The minimum Gasteiger partial charge on any atom is -0.376 e. The lowest BCUT2D eigenvalue weighted by Gasteiger charge is -2.34. The molecule has 1 heterocycles. The molecule has 2 rings (SSSR count). The highest BCUT2D eigenvalue weighted by Crippen LogP contribution is 2.25. The summed E-state index contributed by atoms with van der Waals surface area (Å²) in [5.74, 6) is 0.651. The molecule has 23 heavy (non-hydrogen) atoms. The van der Waals surface area contributed by atoms with Gasteiger partial charge in [-0.25, -0.2) is 0 Å². The van der Waals surface area contributed by atoms with Crippen molar-refractivity contribution in [1.82, 2.24) is 4.90 Å². The number of likely N-dealkylation sites (tertiary alicyclic amines) is 1. The van der Waals surface area contributed by atoms with E-state index in [9.17, 15) is 10.1 Å². The predicted octanol–water partition coefficient (Wildman–Crippen LogP) is 4.32. The molecule has 0 aromatic heterocycles. The SMILES string of the molecule is CC1CC(C)CN(/C=C(/C#N)C(=O)Nc2ccc(Cl)c(Cl)c2)C1. The van der Waals surface area contributed by atoms with E-state index in [1.54, 1.807) is 24.4 Å². The Hall–Kier alpha value is -1.70. The fourth-order valence-electron chi connectivity index (χ4n) is 2.91. The maximum Gasteiger partial charge on any atom is 0.267 e. The van der Waals surface area contributed by atoms with Crippen LogP contribution in [0.4, 0.5) is 5.69 Å². The molecule has 2 atom stereocenters. The molecular formula is C17H19Cl2N3O. The van der Waals surface area contributed by atoms with Crippen molar-refractivity contribution >= 4 is 34.8 Å². The summed E-state index contributed by atoms with van der Waals surface area (Å²) in [4.78, 5) is 14.3. The van der Waals surface area contributed by atoms with Gasteiger partial charge in [0.25, 0.3) is 5.91 Å². The van der Waals surface area contributed by atoms with E-state index in [1.807, 2.05) is 11.0 Å². The maximum atomic E-state index is 12.3. The number of nitriles is 1. The lowest BCUT2D eigenvalue weighted by atomic mass is 9.92. The Bertz CT molecular complexity index is 656. The highest BCUT2D eigenvalue weighted by Gasteiger charge is 2.21. The Morgan fingerprint density at radius 1 is 1.30 bits per heavy atom. The average molecular weight is 352 g/mol. The largest absolute Gasteiger partial charge is 0.376 e. The smallest absolute Gasteiger partial charge is 0.267 e. The molecule has 0 saturated carbocycles. The number of nitrogens with one attached hydrogen (secondary N) is 1. The highest BCUT2D eigenvalue weighted by atomic mass is 35.5. The van der Waals surface area contributed by atoms with E-state index in [1.165, 1.54) is 6.42 Å². The molecule has 1 fully saturated rings. The van der Waals surface area contributed by atoms with Crippen LogP contribution in [0.3, 0.4) is 0 Å². The summed E-state index contributed by atoms with van der Waals surface area (Å²) in [5, 5.41) is 12.7. The lowest BCUT2D eigenvalue weighted by Crippen LogP contribution is -2.35. The molecule has 1 aliphatic rings. The van der Waals surface area contributed by atoms with Crippen LogP contribution in [0.25, 0.3) is 0 Å². The third-order valence-electron chi connectivity index (χ3n) is 3.75. The first-order valence-electron chi connectivity index (χ1n) is 7.51. The topological polar surface area (TPSA) is 56.1 Å². The van der Waals surface area contributed by atoms with Crippen LogP contribution in [-0.2, 0) is 4.79 Å². The Morgan fingerprint density at radius 2 is 1.96 bits per heavy atom. The monoisotopic (exact) mass is 351 g/mol. The van der Waals surface area contributed by atoms with E-state index in [0.717, 1.165) is 13.1 Å². The maximum absolute atomic E-state index is 12.3. The van der Waals surface area contributed by atoms with Crippen molar-refractivity contribution in [2.45, 2.75) is 20.3 Å². The number of halogens is 2. The van der Waals surface area contributed by atoms with Crippen molar-refractivity contribution < 1.29 is 4.79 Å². The van der Waals surface area contributed by atoms with Gasteiger partial charge in [-0.3, -0.25) is 4.79 Å². The summed E-state index contributed by atoms with van der Waals surface area (Å²) in [5.41, 5.74) is 0.586. The fraction of sp³-hybridized carbons (Fsp3) is 0.412. The molecule has 0 spiro atoms. The third kappa shape index (κ3) is 4.89. The lowest BCUT2D eigenvalue weighted by molar-refractivity contribution is -0.112. The van der Waals surface area contributed by atoms with Crippen LogP contribution in [0.15, 0.2) is 30.0 Å². The molecule has 0 aliphatic carbocycles. The Kier molecular flexibility index (Phi) is 5.92. The molecule has 1 aromatic carbocycles. The molecular weight excluding hydrogens is 333 g/mol. The Balaban J connectivity index is 2.10. The summed E-state index contributed by atoms with van der Waals surface area (Å²) >= 11 is 11.8. The van der Waals surface area contributed by atoms with Crippen LogP contribution in [0.2, 0.25) is 10.0 Å². The quantitative estimate of drug-likeness (QED) is 0.651. The van der Waals surface area contributed by atoms with Gasteiger partial charge in [-0.15, -0.1) is 0 Å². The van der Waals surface area contributed by atoms with Gasteiger partial charge in [0.1, 0.15) is 11.6 Å². The molecule has 4 nitrogen and oxygen atoms in total. The van der Waals surface area contributed by atoms with Gasteiger partial charge in [0.05, 0.1) is 10.0 Å². The molecule has 122 valence electrons. The predicted molar refractivity (Wildman–Crippen MR) is 93.3 cm³/mol. The van der Waals surface area contributed by atoms with E-state index in [2.05, 4.69) is 19.2 Å². The van der Waals surface area contributed by atoms with Gasteiger partial charge >= 0.3 is 0 Å². The van der Waals surface area contributed by atoms with Gasteiger partial charge in [-0.2, -0.15) is 5.26 Å². The number of carbonyl (C=O) groups is 1. The molecule has 2 unspecified atom stereocenters. The van der Waals surface area contributed by atoms with Crippen molar-refractivity contribution in [2.75, 3.05) is 18.4 Å². The van der Waals surface area contributed by atoms with Crippen LogP contribution in [0.1, 0.15) is 20.3 Å². The number of rotatable bonds is 3. The highest BCUT2D eigenvalue weighted by molar-refractivity contribution is 6.42. The summed E-state index contributed by atoms with van der Waals surface area (Å²) in [7, 11) is 0. The summed E-state index contributed by atoms with van der Waals surface area (Å²) < 4.78 is 0. The summed E-state index contributed by atoms with van der Waals surface area (Å²) in [6.07, 6.45) is 2.82. The zero-order valence-corrected chi connectivity index (χ0v) is 14.7. The molecule has 1 amide bonds. The van der Waals surface area contributed by atoms with Crippen molar-refractivity contribution in [2.24, 2.45) is 11.8 Å². The van der Waals surface area contributed by atoms with Crippen LogP contribution in [0, 0.1) is 23.2 Å². The standard InChI is InChI=1S/C17H19Cl2N3O/c1-11-5-12(2)9-22(8-11)10-13(7-20)17(23)21-14-3-4-15(18)16(19)6-14/h3-4,6,10-12H,5,8-9H2,1-2H3,(H,21,23)/b13-10-. The number of benzene rings is 1. The first-order chi connectivity index (χ1) is 10.9. The van der Waals surface area contributed by atoms with E-state index < -0.39 is 5.91 Å². The summed E-state index contributed by atoms with van der Waals surface area (Å²) in [6.45, 7) is 6.07. The number of carbonyl (C=O) groups excluding carboxylic acids is 1.